The molecule has 3 aromatic heterocycles. The predicted molar refractivity (Wildman–Crippen MR) is 126 cm³/mol. The van der Waals surface area contributed by atoms with Crippen molar-refractivity contribution in [3.63, 3.8) is 0 Å². The quantitative estimate of drug-likeness (QED) is 0.332. The molecule has 0 aliphatic carbocycles. The van der Waals surface area contributed by atoms with E-state index >= 15 is 0 Å². The lowest BCUT2D eigenvalue weighted by atomic mass is 10.1. The molecule has 0 saturated carbocycles. The van der Waals surface area contributed by atoms with E-state index in [1.165, 1.54) is 11.3 Å². The van der Waals surface area contributed by atoms with Gasteiger partial charge in [0.25, 0.3) is 0 Å². The summed E-state index contributed by atoms with van der Waals surface area (Å²) < 4.78 is 7.49. The van der Waals surface area contributed by atoms with Crippen LogP contribution in [-0.2, 0) is 11.3 Å². The van der Waals surface area contributed by atoms with E-state index in [-0.39, 0.29) is 6.61 Å². The van der Waals surface area contributed by atoms with Crippen molar-refractivity contribution in [1.29, 1.82) is 0 Å². The summed E-state index contributed by atoms with van der Waals surface area (Å²) in [5.41, 5.74) is 4.06. The Morgan fingerprint density at radius 3 is 2.39 bits per heavy atom. The van der Waals surface area contributed by atoms with Crippen molar-refractivity contribution in [3.05, 3.63) is 101 Å². The van der Waals surface area contributed by atoms with Crippen LogP contribution in [0.25, 0.3) is 27.8 Å². The van der Waals surface area contributed by atoms with Gasteiger partial charge in [-0.15, -0.1) is 11.3 Å². The molecular formula is C25H19N5O2S. The van der Waals surface area contributed by atoms with Gasteiger partial charge in [-0.3, -0.25) is 0 Å². The Labute approximate surface area is 194 Å². The molecule has 0 saturated heterocycles. The van der Waals surface area contributed by atoms with Crippen molar-refractivity contribution in [3.8, 4) is 27.8 Å². The first kappa shape index (κ1) is 20.7. The molecule has 0 aliphatic rings. The monoisotopic (exact) mass is 453 g/mol. The summed E-state index contributed by atoms with van der Waals surface area (Å²) in [6.07, 6.45) is 5.19. The van der Waals surface area contributed by atoms with Gasteiger partial charge in [-0.2, -0.15) is 5.10 Å². The molecule has 8 heteroatoms. The molecule has 0 unspecified atom stereocenters. The Bertz CT molecular complexity index is 1380. The number of hydrogen-bond donors (Lipinski definition) is 0. The molecule has 2 aromatic carbocycles. The van der Waals surface area contributed by atoms with Gasteiger partial charge in [0.2, 0.25) is 0 Å². The number of aromatic nitrogens is 5. The molecule has 0 amide bonds. The van der Waals surface area contributed by atoms with E-state index in [4.69, 9.17) is 9.84 Å². The van der Waals surface area contributed by atoms with Gasteiger partial charge in [-0.25, -0.2) is 24.4 Å². The van der Waals surface area contributed by atoms with E-state index in [1.54, 1.807) is 30.1 Å². The number of benzene rings is 2. The minimum atomic E-state index is -0.432. The first-order chi connectivity index (χ1) is 16.2. The minimum absolute atomic E-state index is 0.0877. The van der Waals surface area contributed by atoms with Crippen LogP contribution in [0.1, 0.15) is 20.9 Å². The van der Waals surface area contributed by atoms with E-state index < -0.39 is 5.97 Å². The van der Waals surface area contributed by atoms with Crippen molar-refractivity contribution in [2.45, 2.75) is 13.5 Å². The fraction of sp³-hybridized carbons (Fsp3) is 0.0800. The SMILES string of the molecule is Cc1nc(-c2ncccn2)sc1C(=O)OCc1cn(-c2ccccc2)nc1-c1ccccc1. The van der Waals surface area contributed by atoms with Crippen LogP contribution in [-0.4, -0.2) is 30.7 Å². The highest BCUT2D eigenvalue weighted by Crippen LogP contribution is 2.28. The Morgan fingerprint density at radius 2 is 1.67 bits per heavy atom. The molecule has 0 spiro atoms. The van der Waals surface area contributed by atoms with Gasteiger partial charge < -0.3 is 4.74 Å². The fourth-order valence-electron chi connectivity index (χ4n) is 3.37. The zero-order chi connectivity index (χ0) is 22.6. The molecule has 7 nitrogen and oxygen atoms in total. The fourth-order valence-corrected chi connectivity index (χ4v) is 4.28. The third-order valence-corrected chi connectivity index (χ3v) is 6.09. The first-order valence-electron chi connectivity index (χ1n) is 10.3. The number of hydrogen-bond acceptors (Lipinski definition) is 7. The van der Waals surface area contributed by atoms with Gasteiger partial charge >= 0.3 is 5.97 Å². The van der Waals surface area contributed by atoms with Crippen molar-refractivity contribution in [2.24, 2.45) is 0 Å². The predicted octanol–water partition coefficient (Wildman–Crippen LogP) is 5.12. The number of carbonyl (C=O) groups is 1. The molecule has 3 heterocycles. The topological polar surface area (TPSA) is 82.8 Å². The lowest BCUT2D eigenvalue weighted by Gasteiger charge is -2.04. The molecule has 162 valence electrons. The Kier molecular flexibility index (Phi) is 5.73. The molecule has 5 aromatic rings. The number of esters is 1. The summed E-state index contributed by atoms with van der Waals surface area (Å²) in [6.45, 7) is 1.87. The largest absolute Gasteiger partial charge is 0.456 e. The van der Waals surface area contributed by atoms with Crippen molar-refractivity contribution >= 4 is 17.3 Å². The number of carbonyl (C=O) groups excluding carboxylic acids is 1. The zero-order valence-electron chi connectivity index (χ0n) is 17.8. The van der Waals surface area contributed by atoms with E-state index in [0.29, 0.717) is 21.4 Å². The molecule has 33 heavy (non-hydrogen) atoms. The number of ether oxygens (including phenoxy) is 1. The van der Waals surface area contributed by atoms with Crippen molar-refractivity contribution < 1.29 is 9.53 Å². The average molecular weight is 454 g/mol. The standard InChI is InChI=1S/C25H19N5O2S/c1-17-22(33-24(28-17)23-26-13-8-14-27-23)25(31)32-16-19-15-30(20-11-6-3-7-12-20)29-21(19)18-9-4-2-5-10-18/h2-15H,16H2,1H3. The van der Waals surface area contributed by atoms with E-state index in [0.717, 1.165) is 22.5 Å². The third kappa shape index (κ3) is 4.42. The van der Waals surface area contributed by atoms with E-state index in [9.17, 15) is 4.79 Å². The van der Waals surface area contributed by atoms with Gasteiger partial charge in [0.05, 0.1) is 17.1 Å². The maximum Gasteiger partial charge on any atom is 0.350 e. The first-order valence-corrected chi connectivity index (χ1v) is 11.1. The van der Waals surface area contributed by atoms with Crippen LogP contribution >= 0.6 is 11.3 Å². The Hall–Kier alpha value is -4.17. The number of rotatable bonds is 6. The summed E-state index contributed by atoms with van der Waals surface area (Å²) >= 11 is 1.23. The van der Waals surface area contributed by atoms with Crippen LogP contribution in [0.4, 0.5) is 0 Å². The molecule has 0 bridgehead atoms. The smallest absolute Gasteiger partial charge is 0.350 e. The highest BCUT2D eigenvalue weighted by molar-refractivity contribution is 7.16. The van der Waals surface area contributed by atoms with Crippen LogP contribution in [0.5, 0.6) is 0 Å². The Balaban J connectivity index is 1.41. The van der Waals surface area contributed by atoms with Crippen LogP contribution < -0.4 is 0 Å². The summed E-state index contributed by atoms with van der Waals surface area (Å²) in [4.78, 5) is 26.2. The third-order valence-electron chi connectivity index (χ3n) is 4.96. The number of aryl methyl sites for hydroxylation is 1. The lowest BCUT2D eigenvalue weighted by molar-refractivity contribution is 0.0478. The summed E-state index contributed by atoms with van der Waals surface area (Å²) in [7, 11) is 0. The summed E-state index contributed by atoms with van der Waals surface area (Å²) in [5.74, 6) is 0.0544. The number of para-hydroxylation sites is 1. The van der Waals surface area contributed by atoms with Crippen LogP contribution in [0.15, 0.2) is 85.3 Å². The van der Waals surface area contributed by atoms with Crippen molar-refractivity contribution in [1.82, 2.24) is 24.7 Å². The summed E-state index contributed by atoms with van der Waals surface area (Å²) in [5, 5.41) is 5.35. The second kappa shape index (κ2) is 9.13. The minimum Gasteiger partial charge on any atom is -0.456 e. The number of thiazole rings is 1. The van der Waals surface area contributed by atoms with Gasteiger partial charge in [-0.1, -0.05) is 48.5 Å². The molecule has 0 N–H and O–H groups in total. The highest BCUT2D eigenvalue weighted by Gasteiger charge is 2.20. The molecule has 0 radical (unpaired) electrons. The van der Waals surface area contributed by atoms with Gasteiger partial charge in [0, 0.05) is 29.7 Å². The van der Waals surface area contributed by atoms with Crippen LogP contribution in [0, 0.1) is 6.92 Å². The molecular weight excluding hydrogens is 434 g/mol. The van der Waals surface area contributed by atoms with Gasteiger partial charge in [-0.05, 0) is 25.1 Å². The number of nitrogens with zero attached hydrogens (tertiary/aromatic N) is 5. The van der Waals surface area contributed by atoms with Crippen LogP contribution in [0.3, 0.4) is 0 Å². The van der Waals surface area contributed by atoms with Gasteiger partial charge in [0.15, 0.2) is 10.8 Å². The zero-order valence-corrected chi connectivity index (χ0v) is 18.6. The molecule has 0 aliphatic heterocycles. The normalized spacial score (nSPS) is 10.8. The van der Waals surface area contributed by atoms with Crippen molar-refractivity contribution in [2.75, 3.05) is 0 Å². The van der Waals surface area contributed by atoms with E-state index in [2.05, 4.69) is 15.0 Å². The molecule has 0 atom stereocenters. The molecule has 0 fully saturated rings. The second-order valence-electron chi connectivity index (χ2n) is 7.23. The molecule has 5 rings (SSSR count). The van der Waals surface area contributed by atoms with Gasteiger partial charge in [0.1, 0.15) is 11.5 Å². The highest BCUT2D eigenvalue weighted by atomic mass is 32.1. The summed E-state index contributed by atoms with van der Waals surface area (Å²) in [6, 6.07) is 21.4. The van der Waals surface area contributed by atoms with E-state index in [1.807, 2.05) is 66.9 Å². The second-order valence-corrected chi connectivity index (χ2v) is 8.23. The maximum absolute atomic E-state index is 12.9. The van der Waals surface area contributed by atoms with Crippen LogP contribution in [0.2, 0.25) is 0 Å². The lowest BCUT2D eigenvalue weighted by Crippen LogP contribution is -2.05. The average Bonchev–Trinajstić information content (AvgIpc) is 3.48. The Morgan fingerprint density at radius 1 is 0.970 bits per heavy atom. The maximum atomic E-state index is 12.9.